The van der Waals surface area contributed by atoms with E-state index in [4.69, 9.17) is 0 Å². The van der Waals surface area contributed by atoms with Crippen LogP contribution in [0, 0.1) is 0 Å². The summed E-state index contributed by atoms with van der Waals surface area (Å²) < 4.78 is 2.82. The van der Waals surface area contributed by atoms with E-state index in [9.17, 15) is 0 Å². The molecule has 0 aliphatic heterocycles. The zero-order chi connectivity index (χ0) is 9.14. The molecule has 1 rings (SSSR count). The fraction of sp³-hybridized carbons (Fsp3) is 0.250. The Balaban J connectivity index is 3.11. The molecular formula is C8H6BrI3. The maximum Gasteiger partial charge on any atom is 0.0877 e. The second-order valence-electron chi connectivity index (χ2n) is 2.28. The molecule has 0 bridgehead atoms. The molecule has 0 heterocycles. The minimum Gasteiger partial charge on any atom is -0.0812 e. The van der Waals surface area contributed by atoms with Crippen LogP contribution in [-0.2, 0) is 4.43 Å². The Kier molecular flexibility index (Phi) is 5.68. The fourth-order valence-electron chi connectivity index (χ4n) is 0.903. The van der Waals surface area contributed by atoms with E-state index >= 15 is 0 Å². The SMILES string of the molecule is Brc1ccc(C(I)I)c(CI)c1. The number of benzene rings is 1. The minimum atomic E-state index is 0.568. The van der Waals surface area contributed by atoms with E-state index in [1.165, 1.54) is 15.6 Å². The van der Waals surface area contributed by atoms with Crippen molar-refractivity contribution in [3.63, 3.8) is 0 Å². The highest BCUT2D eigenvalue weighted by molar-refractivity contribution is 14.2. The van der Waals surface area contributed by atoms with Gasteiger partial charge in [0.05, 0.1) is 1.93 Å². The van der Waals surface area contributed by atoms with Crippen LogP contribution in [0.15, 0.2) is 22.7 Å². The van der Waals surface area contributed by atoms with Crippen molar-refractivity contribution >= 4 is 83.7 Å². The van der Waals surface area contributed by atoms with Gasteiger partial charge in [0.2, 0.25) is 0 Å². The molecule has 0 saturated heterocycles. The topological polar surface area (TPSA) is 0 Å². The van der Waals surface area contributed by atoms with Gasteiger partial charge in [-0.25, -0.2) is 0 Å². The van der Waals surface area contributed by atoms with E-state index in [2.05, 4.69) is 102 Å². The van der Waals surface area contributed by atoms with Crippen LogP contribution in [0.25, 0.3) is 0 Å². The number of rotatable bonds is 2. The first kappa shape index (κ1) is 12.0. The van der Waals surface area contributed by atoms with E-state index < -0.39 is 0 Å². The molecule has 0 atom stereocenters. The van der Waals surface area contributed by atoms with E-state index in [-0.39, 0.29) is 0 Å². The van der Waals surface area contributed by atoms with Crippen LogP contribution in [0.2, 0.25) is 0 Å². The predicted molar refractivity (Wildman–Crippen MR) is 82.6 cm³/mol. The summed E-state index contributed by atoms with van der Waals surface area (Å²) >= 11 is 10.8. The van der Waals surface area contributed by atoms with Crippen molar-refractivity contribution in [2.75, 3.05) is 0 Å². The van der Waals surface area contributed by atoms with Crippen molar-refractivity contribution in [2.45, 2.75) is 6.36 Å². The van der Waals surface area contributed by atoms with Crippen molar-refractivity contribution in [2.24, 2.45) is 0 Å². The zero-order valence-corrected chi connectivity index (χ0v) is 14.1. The lowest BCUT2D eigenvalue weighted by atomic mass is 10.1. The smallest absolute Gasteiger partial charge is 0.0812 e. The van der Waals surface area contributed by atoms with E-state index in [0.29, 0.717) is 1.93 Å². The number of hydrogen-bond donors (Lipinski definition) is 0. The Hall–Kier alpha value is 1.89. The summed E-state index contributed by atoms with van der Waals surface area (Å²) in [6.07, 6.45) is 0. The van der Waals surface area contributed by atoms with Gasteiger partial charge < -0.3 is 0 Å². The highest BCUT2D eigenvalue weighted by atomic mass is 127. The van der Waals surface area contributed by atoms with Gasteiger partial charge in [-0.1, -0.05) is 89.8 Å². The number of halogens is 4. The maximum absolute atomic E-state index is 3.48. The standard InChI is InChI=1S/C8H6BrI3/c9-6-1-2-7(8(11)12)5(3-6)4-10/h1-3,8H,4H2. The first-order valence-corrected chi connectivity index (χ1v) is 8.08. The van der Waals surface area contributed by atoms with Crippen molar-refractivity contribution < 1.29 is 0 Å². The summed E-state index contributed by atoms with van der Waals surface area (Å²) in [5.41, 5.74) is 2.87. The minimum absolute atomic E-state index is 0.568. The van der Waals surface area contributed by atoms with E-state index in [1.54, 1.807) is 0 Å². The van der Waals surface area contributed by atoms with Crippen molar-refractivity contribution in [3.8, 4) is 0 Å². The van der Waals surface area contributed by atoms with Crippen LogP contribution in [0.5, 0.6) is 0 Å². The van der Waals surface area contributed by atoms with Crippen LogP contribution in [0.3, 0.4) is 0 Å². The maximum atomic E-state index is 3.48. The lowest BCUT2D eigenvalue weighted by Gasteiger charge is -2.08. The Morgan fingerprint density at radius 2 is 2.00 bits per heavy atom. The molecule has 0 unspecified atom stereocenters. The molecule has 0 N–H and O–H groups in total. The van der Waals surface area contributed by atoms with Crippen LogP contribution in [0.4, 0.5) is 0 Å². The summed E-state index contributed by atoms with van der Waals surface area (Å²) in [6, 6.07) is 6.50. The van der Waals surface area contributed by atoms with Gasteiger partial charge in [-0.05, 0) is 23.3 Å². The van der Waals surface area contributed by atoms with Crippen LogP contribution in [-0.4, -0.2) is 0 Å². The molecule has 0 saturated carbocycles. The molecule has 0 amide bonds. The van der Waals surface area contributed by atoms with Crippen LogP contribution >= 0.6 is 83.7 Å². The summed E-state index contributed by atoms with van der Waals surface area (Å²) in [4.78, 5) is 0. The first-order chi connectivity index (χ1) is 5.65. The largest absolute Gasteiger partial charge is 0.0877 e. The molecule has 0 aliphatic carbocycles. The Bertz CT molecular complexity index is 273. The quantitative estimate of drug-likeness (QED) is 0.341. The third kappa shape index (κ3) is 3.23. The van der Waals surface area contributed by atoms with Gasteiger partial charge in [0, 0.05) is 8.90 Å². The average Bonchev–Trinajstić information content (AvgIpc) is 2.03. The molecule has 4 heteroatoms. The zero-order valence-electron chi connectivity index (χ0n) is 6.03. The van der Waals surface area contributed by atoms with Crippen molar-refractivity contribution in [1.82, 2.24) is 0 Å². The van der Waals surface area contributed by atoms with Crippen molar-refractivity contribution in [1.29, 1.82) is 0 Å². The van der Waals surface area contributed by atoms with E-state index in [0.717, 1.165) is 4.43 Å². The van der Waals surface area contributed by atoms with Gasteiger partial charge in [-0.15, -0.1) is 0 Å². The second-order valence-corrected chi connectivity index (χ2v) is 8.83. The highest BCUT2D eigenvalue weighted by Gasteiger charge is 2.07. The molecule has 0 spiro atoms. The number of alkyl halides is 3. The molecule has 1 aromatic rings. The van der Waals surface area contributed by atoms with Gasteiger partial charge >= 0.3 is 0 Å². The monoisotopic (exact) mass is 562 g/mol. The Labute approximate surface area is 122 Å². The molecule has 0 fully saturated rings. The van der Waals surface area contributed by atoms with Crippen molar-refractivity contribution in [3.05, 3.63) is 33.8 Å². The molecule has 12 heavy (non-hydrogen) atoms. The molecule has 1 aromatic carbocycles. The summed E-state index contributed by atoms with van der Waals surface area (Å²) in [5.74, 6) is 0. The Morgan fingerprint density at radius 3 is 2.50 bits per heavy atom. The van der Waals surface area contributed by atoms with E-state index in [1.807, 2.05) is 0 Å². The van der Waals surface area contributed by atoms with Gasteiger partial charge in [0.1, 0.15) is 0 Å². The molecule has 66 valence electrons. The first-order valence-electron chi connectivity index (χ1n) is 3.27. The summed E-state index contributed by atoms with van der Waals surface area (Å²) in [7, 11) is 0. The van der Waals surface area contributed by atoms with Crippen LogP contribution < -0.4 is 0 Å². The third-order valence-corrected chi connectivity index (χ3v) is 4.14. The second kappa shape index (κ2) is 5.69. The molecule has 0 aliphatic rings. The van der Waals surface area contributed by atoms with Gasteiger partial charge in [0.25, 0.3) is 0 Å². The lowest BCUT2D eigenvalue weighted by Crippen LogP contribution is -1.88. The van der Waals surface area contributed by atoms with Gasteiger partial charge in [0.15, 0.2) is 0 Å². The number of hydrogen-bond acceptors (Lipinski definition) is 0. The summed E-state index contributed by atoms with van der Waals surface area (Å²) in [6.45, 7) is 0. The highest BCUT2D eigenvalue weighted by Crippen LogP contribution is 2.34. The molecule has 0 aromatic heterocycles. The average molecular weight is 563 g/mol. The normalized spacial score (nSPS) is 10.8. The third-order valence-electron chi connectivity index (χ3n) is 1.48. The predicted octanol–water partition coefficient (Wildman–Crippen LogP) is 5.25. The Morgan fingerprint density at radius 1 is 1.33 bits per heavy atom. The van der Waals surface area contributed by atoms with Gasteiger partial charge in [-0.2, -0.15) is 0 Å². The molecule has 0 radical (unpaired) electrons. The fourth-order valence-corrected chi connectivity index (χ4v) is 3.19. The molecular weight excluding hydrogens is 557 g/mol. The van der Waals surface area contributed by atoms with Crippen LogP contribution in [0.1, 0.15) is 13.1 Å². The molecule has 0 nitrogen and oxygen atoms in total. The van der Waals surface area contributed by atoms with Gasteiger partial charge in [-0.3, -0.25) is 0 Å². The summed E-state index contributed by atoms with van der Waals surface area (Å²) in [5, 5.41) is 0. The lowest BCUT2D eigenvalue weighted by molar-refractivity contribution is 1.31.